The van der Waals surface area contributed by atoms with E-state index < -0.39 is 0 Å². The lowest BCUT2D eigenvalue weighted by Gasteiger charge is -2.23. The minimum absolute atomic E-state index is 0.0940. The lowest BCUT2D eigenvalue weighted by Crippen LogP contribution is -2.24. The summed E-state index contributed by atoms with van der Waals surface area (Å²) >= 11 is 0. The number of phenolic OH excluding ortho intramolecular Hbond substituents is 1. The maximum Gasteiger partial charge on any atom is 0.230 e. The fourth-order valence-electron chi connectivity index (χ4n) is 2.28. The maximum atomic E-state index is 9.20. The molecule has 0 radical (unpaired) electrons. The topological polar surface area (TPSA) is 57.2 Å². The van der Waals surface area contributed by atoms with Gasteiger partial charge in [0.1, 0.15) is 23.0 Å². The minimum Gasteiger partial charge on any atom is -0.508 e. The molecular formula is C18H20O5. The summed E-state index contributed by atoms with van der Waals surface area (Å²) in [6.45, 7) is 0.858. The Kier molecular flexibility index (Phi) is 5.21. The molecule has 1 N–H and O–H groups in total. The first-order valence-corrected chi connectivity index (χ1v) is 7.72. The Hall–Kier alpha value is -2.40. The summed E-state index contributed by atoms with van der Waals surface area (Å²) in [5.74, 6) is 2.30. The Labute approximate surface area is 135 Å². The van der Waals surface area contributed by atoms with Crippen molar-refractivity contribution in [2.75, 3.05) is 13.4 Å². The van der Waals surface area contributed by atoms with Gasteiger partial charge in [0.15, 0.2) is 6.29 Å². The first-order chi connectivity index (χ1) is 11.3. The molecule has 1 aliphatic heterocycles. The van der Waals surface area contributed by atoms with Crippen LogP contribution in [-0.4, -0.2) is 24.8 Å². The zero-order chi connectivity index (χ0) is 15.9. The van der Waals surface area contributed by atoms with Crippen LogP contribution in [0.15, 0.2) is 48.5 Å². The van der Waals surface area contributed by atoms with Gasteiger partial charge in [-0.25, -0.2) is 0 Å². The molecule has 2 aromatic rings. The largest absolute Gasteiger partial charge is 0.508 e. The van der Waals surface area contributed by atoms with E-state index >= 15 is 0 Å². The number of ether oxygens (including phenoxy) is 4. The first-order valence-electron chi connectivity index (χ1n) is 7.72. The first kappa shape index (κ1) is 15.5. The highest BCUT2D eigenvalue weighted by molar-refractivity contribution is 5.32. The Morgan fingerprint density at radius 1 is 0.870 bits per heavy atom. The molecule has 1 aliphatic rings. The van der Waals surface area contributed by atoms with Crippen LogP contribution in [0.5, 0.6) is 23.0 Å². The predicted molar refractivity (Wildman–Crippen MR) is 84.9 cm³/mol. The van der Waals surface area contributed by atoms with Gasteiger partial charge >= 0.3 is 0 Å². The van der Waals surface area contributed by atoms with Gasteiger partial charge in [-0.1, -0.05) is 0 Å². The molecular weight excluding hydrogens is 296 g/mol. The number of hydrogen-bond donors (Lipinski definition) is 1. The summed E-state index contributed by atoms with van der Waals surface area (Å²) in [5, 5.41) is 9.20. The predicted octanol–water partition coefficient (Wildman–Crippen LogP) is 3.71. The van der Waals surface area contributed by atoms with Crippen molar-refractivity contribution in [2.24, 2.45) is 0 Å². The van der Waals surface area contributed by atoms with Gasteiger partial charge in [-0.2, -0.15) is 0 Å². The summed E-state index contributed by atoms with van der Waals surface area (Å²) in [6, 6.07) is 13.9. The fraction of sp³-hybridized carbons (Fsp3) is 0.333. The van der Waals surface area contributed by atoms with Crippen LogP contribution in [0.3, 0.4) is 0 Å². The maximum absolute atomic E-state index is 9.20. The van der Waals surface area contributed by atoms with E-state index in [1.54, 1.807) is 24.3 Å². The van der Waals surface area contributed by atoms with Crippen LogP contribution >= 0.6 is 0 Å². The van der Waals surface area contributed by atoms with Gasteiger partial charge < -0.3 is 24.1 Å². The zero-order valence-corrected chi connectivity index (χ0v) is 12.8. The van der Waals surface area contributed by atoms with Gasteiger partial charge in [0.25, 0.3) is 0 Å². The van der Waals surface area contributed by atoms with Gasteiger partial charge in [0.2, 0.25) is 6.79 Å². The van der Waals surface area contributed by atoms with Crippen molar-refractivity contribution in [1.29, 1.82) is 0 Å². The Morgan fingerprint density at radius 3 is 2.09 bits per heavy atom. The molecule has 5 heteroatoms. The normalized spacial score (nSPS) is 17.5. The van der Waals surface area contributed by atoms with E-state index in [2.05, 4.69) is 0 Å². The molecule has 1 atom stereocenters. The molecule has 0 aliphatic carbocycles. The van der Waals surface area contributed by atoms with E-state index in [-0.39, 0.29) is 18.8 Å². The average Bonchev–Trinajstić information content (AvgIpc) is 2.59. The molecule has 5 nitrogen and oxygen atoms in total. The molecule has 2 aromatic carbocycles. The van der Waals surface area contributed by atoms with Crippen LogP contribution in [0, 0.1) is 0 Å². The van der Waals surface area contributed by atoms with Crippen LogP contribution in [0.4, 0.5) is 0 Å². The van der Waals surface area contributed by atoms with Crippen molar-refractivity contribution in [3.63, 3.8) is 0 Å². The van der Waals surface area contributed by atoms with Crippen LogP contribution in [0.25, 0.3) is 0 Å². The van der Waals surface area contributed by atoms with Crippen molar-refractivity contribution in [3.8, 4) is 23.0 Å². The zero-order valence-electron chi connectivity index (χ0n) is 12.8. The summed E-state index contributed by atoms with van der Waals surface area (Å²) in [5.41, 5.74) is 0. The lowest BCUT2D eigenvalue weighted by atomic mass is 10.2. The fourth-order valence-corrected chi connectivity index (χ4v) is 2.28. The van der Waals surface area contributed by atoms with E-state index in [1.165, 1.54) is 0 Å². The van der Waals surface area contributed by atoms with Crippen LogP contribution < -0.4 is 14.2 Å². The number of phenols is 1. The molecule has 122 valence electrons. The Bertz CT molecular complexity index is 588. The molecule has 0 bridgehead atoms. The molecule has 1 saturated heterocycles. The van der Waals surface area contributed by atoms with Crippen molar-refractivity contribution in [1.82, 2.24) is 0 Å². The molecule has 3 rings (SSSR count). The number of hydrogen-bond acceptors (Lipinski definition) is 5. The van der Waals surface area contributed by atoms with Crippen molar-refractivity contribution < 1.29 is 24.1 Å². The molecule has 0 aromatic heterocycles. The van der Waals surface area contributed by atoms with Gasteiger partial charge in [-0.05, 0) is 61.4 Å². The van der Waals surface area contributed by atoms with Crippen LogP contribution in [0.2, 0.25) is 0 Å². The summed E-state index contributed by atoms with van der Waals surface area (Å²) in [7, 11) is 0. The van der Waals surface area contributed by atoms with Crippen molar-refractivity contribution in [3.05, 3.63) is 48.5 Å². The van der Waals surface area contributed by atoms with Crippen molar-refractivity contribution >= 4 is 0 Å². The third-order valence-electron chi connectivity index (χ3n) is 3.52. The van der Waals surface area contributed by atoms with Crippen molar-refractivity contribution in [2.45, 2.75) is 25.6 Å². The molecule has 0 amide bonds. The van der Waals surface area contributed by atoms with E-state index in [0.29, 0.717) is 11.5 Å². The summed E-state index contributed by atoms with van der Waals surface area (Å²) in [4.78, 5) is 0. The molecule has 23 heavy (non-hydrogen) atoms. The van der Waals surface area contributed by atoms with E-state index in [9.17, 15) is 5.11 Å². The summed E-state index contributed by atoms with van der Waals surface area (Å²) < 4.78 is 22.3. The molecule has 1 heterocycles. The second-order valence-corrected chi connectivity index (χ2v) is 5.29. The highest BCUT2D eigenvalue weighted by Gasteiger charge is 2.14. The highest BCUT2D eigenvalue weighted by Crippen LogP contribution is 2.22. The van der Waals surface area contributed by atoms with Crippen LogP contribution in [-0.2, 0) is 4.74 Å². The van der Waals surface area contributed by atoms with E-state index in [1.807, 2.05) is 24.3 Å². The van der Waals surface area contributed by atoms with E-state index in [4.69, 9.17) is 18.9 Å². The van der Waals surface area contributed by atoms with E-state index in [0.717, 1.165) is 31.6 Å². The smallest absolute Gasteiger partial charge is 0.230 e. The monoisotopic (exact) mass is 316 g/mol. The van der Waals surface area contributed by atoms with Gasteiger partial charge in [0.05, 0.1) is 6.61 Å². The van der Waals surface area contributed by atoms with Gasteiger partial charge in [-0.3, -0.25) is 0 Å². The second kappa shape index (κ2) is 7.74. The number of rotatable bonds is 6. The average molecular weight is 316 g/mol. The molecule has 0 saturated carbocycles. The Balaban J connectivity index is 1.44. The van der Waals surface area contributed by atoms with Gasteiger partial charge in [-0.15, -0.1) is 0 Å². The number of aromatic hydroxyl groups is 1. The minimum atomic E-state index is -0.145. The molecule has 1 fully saturated rings. The molecule has 0 spiro atoms. The third kappa shape index (κ3) is 4.79. The standard InChI is InChI=1S/C18H20O5/c19-14-4-6-15(7-5-14)21-13-22-16-8-10-17(11-9-16)23-18-3-1-2-12-20-18/h4-11,18-19H,1-3,12-13H2. The summed E-state index contributed by atoms with van der Waals surface area (Å²) in [6.07, 6.45) is 3.03. The quantitative estimate of drug-likeness (QED) is 0.823. The SMILES string of the molecule is Oc1ccc(OCOc2ccc(OC3CCCCO3)cc2)cc1. The number of benzene rings is 2. The van der Waals surface area contributed by atoms with Gasteiger partial charge in [0, 0.05) is 6.42 Å². The highest BCUT2D eigenvalue weighted by atomic mass is 16.7. The Morgan fingerprint density at radius 2 is 1.48 bits per heavy atom. The lowest BCUT2D eigenvalue weighted by molar-refractivity contribution is -0.105. The van der Waals surface area contributed by atoms with Crippen LogP contribution in [0.1, 0.15) is 19.3 Å². The second-order valence-electron chi connectivity index (χ2n) is 5.29. The third-order valence-corrected chi connectivity index (χ3v) is 3.52. The molecule has 1 unspecified atom stereocenters.